The van der Waals surface area contributed by atoms with Gasteiger partial charge in [-0.15, -0.1) is 11.8 Å². The molecule has 0 bridgehead atoms. The molecule has 4 heterocycles. The molecule has 1 saturated heterocycles. The number of hydrogen-bond donors (Lipinski definition) is 2. The molecular formula is C20H20N4O3S. The van der Waals surface area contributed by atoms with E-state index in [9.17, 15) is 9.59 Å². The Morgan fingerprint density at radius 1 is 1.14 bits per heavy atom. The summed E-state index contributed by atoms with van der Waals surface area (Å²) in [5.74, 6) is 0.780. The number of nitrogens with zero attached hydrogens (tertiary/aromatic N) is 2. The molecule has 3 aromatic rings. The molecule has 0 unspecified atom stereocenters. The van der Waals surface area contributed by atoms with Crippen molar-refractivity contribution in [2.75, 3.05) is 24.3 Å². The van der Waals surface area contributed by atoms with Crippen molar-refractivity contribution >= 4 is 34.4 Å². The van der Waals surface area contributed by atoms with Crippen molar-refractivity contribution in [2.24, 2.45) is 0 Å². The summed E-state index contributed by atoms with van der Waals surface area (Å²) < 4.78 is 7.29. The summed E-state index contributed by atoms with van der Waals surface area (Å²) in [6.45, 7) is 1.30. The summed E-state index contributed by atoms with van der Waals surface area (Å²) in [6, 6.07) is 10.0. The van der Waals surface area contributed by atoms with E-state index in [4.69, 9.17) is 4.74 Å². The highest BCUT2D eigenvalue weighted by Crippen LogP contribution is 2.42. The standard InChI is InChI=1S/C20H20N4O3S/c25-15-11-28-18(14-5-1-3-12-4-2-8-21-17(12)14)16-19(22-15)24(23-20(16)26)13-6-9-27-10-7-13/h1-5,8,13,18H,6-7,9-11H2,(H,22,25)(H,23,26)/t18-/m1/s1. The number of benzene rings is 1. The molecular weight excluding hydrogens is 376 g/mol. The second-order valence-electron chi connectivity index (χ2n) is 7.08. The maximum Gasteiger partial charge on any atom is 0.270 e. The molecule has 1 amide bonds. The Balaban J connectivity index is 1.68. The second kappa shape index (κ2) is 7.10. The first-order valence-corrected chi connectivity index (χ1v) is 10.4. The topological polar surface area (TPSA) is 89.0 Å². The largest absolute Gasteiger partial charge is 0.381 e. The van der Waals surface area contributed by atoms with E-state index in [1.54, 1.807) is 6.20 Å². The number of amides is 1. The third kappa shape index (κ3) is 2.93. The first kappa shape index (κ1) is 17.5. The molecule has 2 N–H and O–H groups in total. The van der Waals surface area contributed by atoms with Gasteiger partial charge in [0.25, 0.3) is 5.56 Å². The number of thioether (sulfide) groups is 1. The van der Waals surface area contributed by atoms with E-state index in [0.29, 0.717) is 24.6 Å². The molecule has 8 heteroatoms. The molecule has 2 aromatic heterocycles. The number of anilines is 1. The number of hydrogen-bond acceptors (Lipinski definition) is 5. The molecule has 28 heavy (non-hydrogen) atoms. The summed E-state index contributed by atoms with van der Waals surface area (Å²) in [5.41, 5.74) is 2.26. The van der Waals surface area contributed by atoms with Crippen LogP contribution < -0.4 is 10.9 Å². The SMILES string of the molecule is O=C1CS[C@H](c2cccc3cccnc23)c2c(n(C3CCOCC3)[nH]c2=O)N1. The fourth-order valence-corrected chi connectivity index (χ4v) is 5.19. The van der Waals surface area contributed by atoms with Crippen molar-refractivity contribution in [1.29, 1.82) is 0 Å². The van der Waals surface area contributed by atoms with Gasteiger partial charge in [0, 0.05) is 24.8 Å². The number of H-pyrrole nitrogens is 1. The Kier molecular flexibility index (Phi) is 4.44. The lowest BCUT2D eigenvalue weighted by Crippen LogP contribution is -2.24. The van der Waals surface area contributed by atoms with E-state index in [2.05, 4.69) is 15.4 Å². The zero-order valence-electron chi connectivity index (χ0n) is 15.2. The number of aromatic nitrogens is 3. The molecule has 0 spiro atoms. The summed E-state index contributed by atoms with van der Waals surface area (Å²) in [7, 11) is 0. The maximum atomic E-state index is 13.0. The Morgan fingerprint density at radius 2 is 1.96 bits per heavy atom. The minimum absolute atomic E-state index is 0.0956. The predicted octanol–water partition coefficient (Wildman–Crippen LogP) is 2.85. The number of ether oxygens (including phenoxy) is 1. The Morgan fingerprint density at radius 3 is 2.82 bits per heavy atom. The van der Waals surface area contributed by atoms with Gasteiger partial charge in [0.2, 0.25) is 5.91 Å². The number of aromatic amines is 1. The minimum Gasteiger partial charge on any atom is -0.381 e. The zero-order chi connectivity index (χ0) is 19.1. The van der Waals surface area contributed by atoms with Crippen LogP contribution in [-0.2, 0) is 9.53 Å². The molecule has 0 aliphatic carbocycles. The third-order valence-corrected chi connectivity index (χ3v) is 6.62. The summed E-state index contributed by atoms with van der Waals surface area (Å²) in [6.07, 6.45) is 3.37. The van der Waals surface area contributed by atoms with Crippen molar-refractivity contribution in [1.82, 2.24) is 14.8 Å². The Bertz CT molecular complexity index is 1100. The van der Waals surface area contributed by atoms with E-state index in [1.807, 2.05) is 35.0 Å². The van der Waals surface area contributed by atoms with Gasteiger partial charge in [0.1, 0.15) is 5.82 Å². The average Bonchev–Trinajstić information content (AvgIpc) is 2.94. The quantitative estimate of drug-likeness (QED) is 0.695. The molecule has 2 aliphatic rings. The molecule has 2 aliphatic heterocycles. The fourth-order valence-electron chi connectivity index (χ4n) is 4.05. The first-order chi connectivity index (χ1) is 13.7. The predicted molar refractivity (Wildman–Crippen MR) is 109 cm³/mol. The minimum atomic E-state index is -0.266. The molecule has 1 fully saturated rings. The lowest BCUT2D eigenvalue weighted by molar-refractivity contribution is -0.113. The van der Waals surface area contributed by atoms with Gasteiger partial charge >= 0.3 is 0 Å². The van der Waals surface area contributed by atoms with Crippen LogP contribution in [0.25, 0.3) is 10.9 Å². The van der Waals surface area contributed by atoms with E-state index < -0.39 is 0 Å². The molecule has 1 aromatic carbocycles. The third-order valence-electron chi connectivity index (χ3n) is 5.37. The van der Waals surface area contributed by atoms with Crippen molar-refractivity contribution in [3.05, 3.63) is 58.0 Å². The van der Waals surface area contributed by atoms with Gasteiger partial charge in [-0.3, -0.25) is 24.4 Å². The Labute approximate surface area is 165 Å². The van der Waals surface area contributed by atoms with Crippen LogP contribution in [0.5, 0.6) is 0 Å². The van der Waals surface area contributed by atoms with Gasteiger partial charge in [-0.25, -0.2) is 0 Å². The van der Waals surface area contributed by atoms with Crippen molar-refractivity contribution < 1.29 is 9.53 Å². The molecule has 7 nitrogen and oxygen atoms in total. The summed E-state index contributed by atoms with van der Waals surface area (Å²) in [4.78, 5) is 30.0. The molecule has 0 radical (unpaired) electrons. The van der Waals surface area contributed by atoms with Gasteiger partial charge in [-0.05, 0) is 24.5 Å². The van der Waals surface area contributed by atoms with Gasteiger partial charge in [0.15, 0.2) is 0 Å². The van der Waals surface area contributed by atoms with Crippen molar-refractivity contribution in [3.63, 3.8) is 0 Å². The summed E-state index contributed by atoms with van der Waals surface area (Å²) in [5, 5.41) is 6.70. The van der Waals surface area contributed by atoms with Crippen LogP contribution >= 0.6 is 11.8 Å². The second-order valence-corrected chi connectivity index (χ2v) is 8.17. The number of rotatable bonds is 2. The van der Waals surface area contributed by atoms with E-state index in [1.165, 1.54) is 11.8 Å². The van der Waals surface area contributed by atoms with Crippen molar-refractivity contribution in [3.8, 4) is 0 Å². The smallest absolute Gasteiger partial charge is 0.270 e. The van der Waals surface area contributed by atoms with E-state index >= 15 is 0 Å². The van der Waals surface area contributed by atoms with Gasteiger partial charge in [0.05, 0.1) is 28.1 Å². The van der Waals surface area contributed by atoms with Crippen LogP contribution in [0.1, 0.15) is 35.3 Å². The van der Waals surface area contributed by atoms with Crippen LogP contribution in [0.15, 0.2) is 41.3 Å². The molecule has 1 atom stereocenters. The molecule has 5 rings (SSSR count). The van der Waals surface area contributed by atoms with Crippen LogP contribution in [-0.4, -0.2) is 39.6 Å². The highest BCUT2D eigenvalue weighted by atomic mass is 32.2. The normalized spacial score (nSPS) is 20.6. The lowest BCUT2D eigenvalue weighted by atomic mass is 10.0. The number of pyridine rings is 1. The van der Waals surface area contributed by atoms with Crippen LogP contribution in [0, 0.1) is 0 Å². The average molecular weight is 396 g/mol. The van der Waals surface area contributed by atoms with Crippen LogP contribution in [0.2, 0.25) is 0 Å². The van der Waals surface area contributed by atoms with Crippen LogP contribution in [0.3, 0.4) is 0 Å². The van der Waals surface area contributed by atoms with Crippen molar-refractivity contribution in [2.45, 2.75) is 24.1 Å². The monoisotopic (exact) mass is 396 g/mol. The summed E-state index contributed by atoms with van der Waals surface area (Å²) >= 11 is 1.47. The number of carbonyl (C=O) groups is 1. The molecule has 144 valence electrons. The first-order valence-electron chi connectivity index (χ1n) is 9.39. The van der Waals surface area contributed by atoms with Gasteiger partial charge < -0.3 is 10.1 Å². The number of carbonyl (C=O) groups excluding carboxylic acids is 1. The number of nitrogens with one attached hydrogen (secondary N) is 2. The van der Waals surface area contributed by atoms with E-state index in [0.717, 1.165) is 29.3 Å². The Hall–Kier alpha value is -2.58. The van der Waals surface area contributed by atoms with Crippen LogP contribution in [0.4, 0.5) is 5.82 Å². The molecule has 0 saturated carbocycles. The van der Waals surface area contributed by atoms with Gasteiger partial charge in [-0.2, -0.15) is 0 Å². The van der Waals surface area contributed by atoms with Gasteiger partial charge in [-0.1, -0.05) is 24.3 Å². The highest BCUT2D eigenvalue weighted by Gasteiger charge is 2.33. The zero-order valence-corrected chi connectivity index (χ0v) is 16.0. The lowest BCUT2D eigenvalue weighted by Gasteiger charge is -2.25. The van der Waals surface area contributed by atoms with E-state index in [-0.39, 0.29) is 28.5 Å². The number of fused-ring (bicyclic) bond motifs is 2. The number of para-hydroxylation sites is 1. The fraction of sp³-hybridized carbons (Fsp3) is 0.350. The maximum absolute atomic E-state index is 13.0. The highest BCUT2D eigenvalue weighted by molar-refractivity contribution is 8.00.